The van der Waals surface area contributed by atoms with E-state index in [1.807, 2.05) is 39.8 Å². The average molecular weight is 232 g/mol. The molecule has 3 heteroatoms. The number of allylic oxidation sites excluding steroid dienone is 1. The van der Waals surface area contributed by atoms with Crippen molar-refractivity contribution < 1.29 is 4.79 Å². The van der Waals surface area contributed by atoms with E-state index in [-0.39, 0.29) is 5.91 Å². The Morgan fingerprint density at radius 1 is 1.35 bits per heavy atom. The summed E-state index contributed by atoms with van der Waals surface area (Å²) < 4.78 is 0. The Bertz CT molecular complexity index is 458. The molecule has 0 fully saturated rings. The molecule has 0 saturated carbocycles. The van der Waals surface area contributed by atoms with Gasteiger partial charge < -0.3 is 11.1 Å². The van der Waals surface area contributed by atoms with Crippen molar-refractivity contribution in [2.24, 2.45) is 5.73 Å². The molecule has 0 spiro atoms. The Hall–Kier alpha value is -1.61. The molecule has 0 radical (unpaired) electrons. The normalized spacial score (nSPS) is 9.94. The van der Waals surface area contributed by atoms with E-state index >= 15 is 0 Å². The molecule has 1 rings (SSSR count). The van der Waals surface area contributed by atoms with Crippen molar-refractivity contribution in [3.8, 4) is 0 Å². The Kier molecular flexibility index (Phi) is 4.46. The fraction of sp³-hybridized carbons (Fsp3) is 0.357. The summed E-state index contributed by atoms with van der Waals surface area (Å²) in [6, 6.07) is 3.90. The maximum Gasteiger partial charge on any atom is 0.248 e. The highest BCUT2D eigenvalue weighted by Crippen LogP contribution is 2.22. The zero-order valence-electron chi connectivity index (χ0n) is 10.9. The number of rotatable bonds is 3. The summed E-state index contributed by atoms with van der Waals surface area (Å²) in [6.45, 7) is 8.29. The highest BCUT2D eigenvalue weighted by Gasteiger charge is 2.07. The minimum atomic E-state index is -0.0973. The van der Waals surface area contributed by atoms with Gasteiger partial charge >= 0.3 is 0 Å². The molecule has 0 heterocycles. The van der Waals surface area contributed by atoms with Gasteiger partial charge in [-0.2, -0.15) is 0 Å². The number of carbonyl (C=O) groups is 1. The lowest BCUT2D eigenvalue weighted by atomic mass is 10.0. The second kappa shape index (κ2) is 5.64. The fourth-order valence-corrected chi connectivity index (χ4v) is 1.77. The smallest absolute Gasteiger partial charge is 0.248 e. The maximum absolute atomic E-state index is 11.6. The highest BCUT2D eigenvalue weighted by molar-refractivity contribution is 6.00. The Morgan fingerprint density at radius 2 is 2.00 bits per heavy atom. The SMILES string of the molecule is CC(C)=CC(=O)Nc1ccc(C)c(CN)c1C. The predicted molar refractivity (Wildman–Crippen MR) is 71.9 cm³/mol. The van der Waals surface area contributed by atoms with Crippen molar-refractivity contribution in [3.05, 3.63) is 40.5 Å². The molecule has 3 N–H and O–H groups in total. The molecular formula is C14H20N2O. The number of hydrogen-bond acceptors (Lipinski definition) is 2. The predicted octanol–water partition coefficient (Wildman–Crippen LogP) is 2.67. The van der Waals surface area contributed by atoms with Gasteiger partial charge in [-0.05, 0) is 50.5 Å². The van der Waals surface area contributed by atoms with E-state index in [9.17, 15) is 4.79 Å². The Balaban J connectivity index is 3.01. The van der Waals surface area contributed by atoms with Crippen LogP contribution in [0, 0.1) is 13.8 Å². The van der Waals surface area contributed by atoms with Crippen molar-refractivity contribution in [3.63, 3.8) is 0 Å². The van der Waals surface area contributed by atoms with Gasteiger partial charge in [-0.3, -0.25) is 4.79 Å². The van der Waals surface area contributed by atoms with E-state index in [4.69, 9.17) is 5.73 Å². The van der Waals surface area contributed by atoms with Crippen molar-refractivity contribution >= 4 is 11.6 Å². The lowest BCUT2D eigenvalue weighted by Gasteiger charge is -2.13. The van der Waals surface area contributed by atoms with Gasteiger partial charge in [0.15, 0.2) is 0 Å². The number of amides is 1. The van der Waals surface area contributed by atoms with Gasteiger partial charge in [-0.25, -0.2) is 0 Å². The summed E-state index contributed by atoms with van der Waals surface area (Å²) in [6.07, 6.45) is 1.58. The summed E-state index contributed by atoms with van der Waals surface area (Å²) >= 11 is 0. The third kappa shape index (κ3) is 3.43. The molecule has 92 valence electrons. The zero-order chi connectivity index (χ0) is 13.0. The molecule has 0 aromatic heterocycles. The number of aryl methyl sites for hydroxylation is 1. The van der Waals surface area contributed by atoms with Gasteiger partial charge in [0, 0.05) is 18.3 Å². The number of nitrogens with two attached hydrogens (primary N) is 1. The molecule has 0 aliphatic heterocycles. The van der Waals surface area contributed by atoms with Crippen LogP contribution in [0.5, 0.6) is 0 Å². The minimum absolute atomic E-state index is 0.0973. The first-order chi connectivity index (χ1) is 7.95. The summed E-state index contributed by atoms with van der Waals surface area (Å²) in [7, 11) is 0. The van der Waals surface area contributed by atoms with Crippen LogP contribution >= 0.6 is 0 Å². The Morgan fingerprint density at radius 3 is 2.53 bits per heavy atom. The van der Waals surface area contributed by atoms with Crippen LogP contribution in [-0.2, 0) is 11.3 Å². The molecule has 3 nitrogen and oxygen atoms in total. The quantitative estimate of drug-likeness (QED) is 0.787. The first kappa shape index (κ1) is 13.5. The summed E-state index contributed by atoms with van der Waals surface area (Å²) in [4.78, 5) is 11.6. The summed E-state index contributed by atoms with van der Waals surface area (Å²) in [5, 5.41) is 2.87. The van der Waals surface area contributed by atoms with Crippen LogP contribution < -0.4 is 11.1 Å². The van der Waals surface area contributed by atoms with Crippen molar-refractivity contribution in [2.45, 2.75) is 34.2 Å². The average Bonchev–Trinajstić information content (AvgIpc) is 2.22. The fourth-order valence-electron chi connectivity index (χ4n) is 1.77. The standard InChI is InChI=1S/C14H20N2O/c1-9(2)7-14(17)16-13-6-5-10(3)12(8-15)11(13)4/h5-7H,8,15H2,1-4H3,(H,16,17). The van der Waals surface area contributed by atoms with Gasteiger partial charge in [0.05, 0.1) is 0 Å². The van der Waals surface area contributed by atoms with Crippen LogP contribution in [0.25, 0.3) is 0 Å². The van der Waals surface area contributed by atoms with E-state index in [1.165, 1.54) is 0 Å². The van der Waals surface area contributed by atoms with E-state index in [2.05, 4.69) is 5.32 Å². The van der Waals surface area contributed by atoms with Gasteiger partial charge in [-0.15, -0.1) is 0 Å². The molecule has 1 aromatic carbocycles. The van der Waals surface area contributed by atoms with Crippen molar-refractivity contribution in [1.82, 2.24) is 0 Å². The number of nitrogens with one attached hydrogen (secondary N) is 1. The van der Waals surface area contributed by atoms with Crippen molar-refractivity contribution in [2.75, 3.05) is 5.32 Å². The first-order valence-electron chi connectivity index (χ1n) is 5.70. The first-order valence-corrected chi connectivity index (χ1v) is 5.70. The third-order valence-electron chi connectivity index (χ3n) is 2.71. The largest absolute Gasteiger partial charge is 0.326 e. The molecule has 17 heavy (non-hydrogen) atoms. The second-order valence-electron chi connectivity index (χ2n) is 4.45. The van der Waals surface area contributed by atoms with E-state index in [1.54, 1.807) is 6.08 Å². The maximum atomic E-state index is 11.6. The molecule has 0 aliphatic carbocycles. The number of carbonyl (C=O) groups excluding carboxylic acids is 1. The van der Waals surface area contributed by atoms with E-state index in [0.29, 0.717) is 6.54 Å². The van der Waals surface area contributed by atoms with Crippen LogP contribution in [-0.4, -0.2) is 5.91 Å². The van der Waals surface area contributed by atoms with E-state index < -0.39 is 0 Å². The van der Waals surface area contributed by atoms with Gasteiger partial charge in [0.25, 0.3) is 0 Å². The topological polar surface area (TPSA) is 55.1 Å². The van der Waals surface area contributed by atoms with Gasteiger partial charge in [-0.1, -0.05) is 11.6 Å². The highest BCUT2D eigenvalue weighted by atomic mass is 16.1. The van der Waals surface area contributed by atoms with Crippen LogP contribution in [0.3, 0.4) is 0 Å². The zero-order valence-corrected chi connectivity index (χ0v) is 10.9. The lowest BCUT2D eigenvalue weighted by molar-refractivity contribution is -0.111. The molecule has 0 unspecified atom stereocenters. The van der Waals surface area contributed by atoms with E-state index in [0.717, 1.165) is 28.0 Å². The van der Waals surface area contributed by atoms with Gasteiger partial charge in [0.2, 0.25) is 5.91 Å². The minimum Gasteiger partial charge on any atom is -0.326 e. The summed E-state index contributed by atoms with van der Waals surface area (Å²) in [5.41, 5.74) is 10.8. The Labute approximate surface area is 103 Å². The molecule has 0 atom stereocenters. The van der Waals surface area contributed by atoms with Crippen molar-refractivity contribution in [1.29, 1.82) is 0 Å². The molecular weight excluding hydrogens is 212 g/mol. The lowest BCUT2D eigenvalue weighted by Crippen LogP contribution is -2.12. The third-order valence-corrected chi connectivity index (χ3v) is 2.71. The van der Waals surface area contributed by atoms with Crippen LogP contribution in [0.1, 0.15) is 30.5 Å². The van der Waals surface area contributed by atoms with Crippen LogP contribution in [0.2, 0.25) is 0 Å². The number of benzene rings is 1. The molecule has 0 aliphatic rings. The van der Waals surface area contributed by atoms with Crippen LogP contribution in [0.15, 0.2) is 23.8 Å². The van der Waals surface area contributed by atoms with Crippen LogP contribution in [0.4, 0.5) is 5.69 Å². The second-order valence-corrected chi connectivity index (χ2v) is 4.45. The number of anilines is 1. The molecule has 0 bridgehead atoms. The monoisotopic (exact) mass is 232 g/mol. The van der Waals surface area contributed by atoms with Gasteiger partial charge in [0.1, 0.15) is 0 Å². The molecule has 1 aromatic rings. The molecule has 0 saturated heterocycles. The molecule has 1 amide bonds. The number of hydrogen-bond donors (Lipinski definition) is 2. The summed E-state index contributed by atoms with van der Waals surface area (Å²) in [5.74, 6) is -0.0973.